The number of nitro benzene ring substituents is 1. The van der Waals surface area contributed by atoms with E-state index in [9.17, 15) is 15.2 Å². The lowest BCUT2D eigenvalue weighted by Crippen LogP contribution is -2.28. The summed E-state index contributed by atoms with van der Waals surface area (Å²) in [7, 11) is 0. The molecule has 0 radical (unpaired) electrons. The van der Waals surface area contributed by atoms with Gasteiger partial charge in [0.2, 0.25) is 0 Å². The summed E-state index contributed by atoms with van der Waals surface area (Å²) in [4.78, 5) is 10.6. The van der Waals surface area contributed by atoms with Gasteiger partial charge in [-0.25, -0.2) is 0 Å². The zero-order valence-corrected chi connectivity index (χ0v) is 10.6. The van der Waals surface area contributed by atoms with Gasteiger partial charge >= 0.3 is 0 Å². The van der Waals surface area contributed by atoms with Crippen LogP contribution in [0.3, 0.4) is 0 Å². The third-order valence-corrected chi connectivity index (χ3v) is 3.50. The molecule has 2 rings (SSSR count). The van der Waals surface area contributed by atoms with Crippen molar-refractivity contribution in [3.05, 3.63) is 33.9 Å². The molecule has 0 atom stereocenters. The molecule has 3 N–H and O–H groups in total. The molecule has 0 amide bonds. The van der Waals surface area contributed by atoms with Crippen LogP contribution < -0.4 is 5.32 Å². The zero-order chi connectivity index (χ0) is 13.8. The van der Waals surface area contributed by atoms with Crippen molar-refractivity contribution in [2.24, 2.45) is 0 Å². The number of nitrogens with one attached hydrogen (secondary N) is 1. The van der Waals surface area contributed by atoms with Crippen LogP contribution >= 0.6 is 0 Å². The Morgan fingerprint density at radius 1 is 1.32 bits per heavy atom. The van der Waals surface area contributed by atoms with Crippen molar-refractivity contribution in [2.75, 3.05) is 5.32 Å². The molecule has 6 nitrogen and oxygen atoms in total. The molecule has 0 aliphatic heterocycles. The third kappa shape index (κ3) is 3.42. The number of hydrogen-bond acceptors (Lipinski definition) is 5. The van der Waals surface area contributed by atoms with Gasteiger partial charge in [-0.2, -0.15) is 0 Å². The maximum absolute atomic E-state index is 11.0. The first-order valence-corrected chi connectivity index (χ1v) is 6.43. The van der Waals surface area contributed by atoms with Gasteiger partial charge in [-0.05, 0) is 37.3 Å². The van der Waals surface area contributed by atoms with E-state index in [1.54, 1.807) is 12.1 Å². The van der Waals surface area contributed by atoms with Crippen LogP contribution in [0, 0.1) is 10.1 Å². The highest BCUT2D eigenvalue weighted by Gasteiger charge is 2.22. The number of anilines is 1. The molecule has 0 heterocycles. The van der Waals surface area contributed by atoms with E-state index in [1.807, 2.05) is 0 Å². The average molecular weight is 266 g/mol. The lowest BCUT2D eigenvalue weighted by molar-refractivity contribution is -0.384. The van der Waals surface area contributed by atoms with E-state index in [2.05, 4.69) is 5.32 Å². The maximum atomic E-state index is 11.0. The van der Waals surface area contributed by atoms with Gasteiger partial charge in [-0.15, -0.1) is 0 Å². The molecule has 0 aromatic heterocycles. The second kappa shape index (κ2) is 5.99. The van der Waals surface area contributed by atoms with E-state index >= 15 is 0 Å². The smallest absolute Gasteiger partial charge is 0.292 e. The first kappa shape index (κ1) is 13.8. The first-order valence-electron chi connectivity index (χ1n) is 6.43. The number of benzene rings is 1. The topological polar surface area (TPSA) is 95.6 Å². The SMILES string of the molecule is O=[N+]([O-])c1cc(CO)ccc1N[C@H]1CC[C@H](O)CC1. The fourth-order valence-corrected chi connectivity index (χ4v) is 2.39. The maximum Gasteiger partial charge on any atom is 0.292 e. The molecule has 0 bridgehead atoms. The number of rotatable bonds is 4. The van der Waals surface area contributed by atoms with Crippen LogP contribution in [0.25, 0.3) is 0 Å². The second-order valence-corrected chi connectivity index (χ2v) is 4.92. The second-order valence-electron chi connectivity index (χ2n) is 4.92. The fourth-order valence-electron chi connectivity index (χ4n) is 2.39. The van der Waals surface area contributed by atoms with Gasteiger partial charge in [0.1, 0.15) is 5.69 Å². The molecule has 1 aliphatic carbocycles. The van der Waals surface area contributed by atoms with E-state index in [-0.39, 0.29) is 24.4 Å². The Balaban J connectivity index is 2.13. The lowest BCUT2D eigenvalue weighted by Gasteiger charge is -2.26. The number of aliphatic hydroxyl groups excluding tert-OH is 2. The van der Waals surface area contributed by atoms with Gasteiger partial charge in [0.15, 0.2) is 0 Å². The van der Waals surface area contributed by atoms with E-state index in [1.165, 1.54) is 6.07 Å². The van der Waals surface area contributed by atoms with E-state index in [4.69, 9.17) is 5.11 Å². The van der Waals surface area contributed by atoms with Crippen LogP contribution in [-0.2, 0) is 6.61 Å². The summed E-state index contributed by atoms with van der Waals surface area (Å²) in [5, 5.41) is 32.7. The number of nitrogens with zero attached hydrogens (tertiary/aromatic N) is 1. The van der Waals surface area contributed by atoms with Crippen LogP contribution in [0.1, 0.15) is 31.2 Å². The lowest BCUT2D eigenvalue weighted by atomic mass is 9.93. The molecule has 6 heteroatoms. The van der Waals surface area contributed by atoms with Crippen LogP contribution in [0.2, 0.25) is 0 Å². The number of aliphatic hydroxyl groups is 2. The third-order valence-electron chi connectivity index (χ3n) is 3.50. The average Bonchev–Trinajstić information content (AvgIpc) is 2.41. The first-order chi connectivity index (χ1) is 9.10. The largest absolute Gasteiger partial charge is 0.393 e. The summed E-state index contributed by atoms with van der Waals surface area (Å²) in [6, 6.07) is 4.85. The van der Waals surface area contributed by atoms with Gasteiger partial charge in [0.05, 0.1) is 17.6 Å². The molecule has 0 unspecified atom stereocenters. The van der Waals surface area contributed by atoms with E-state index < -0.39 is 4.92 Å². The van der Waals surface area contributed by atoms with Crippen molar-refractivity contribution in [1.82, 2.24) is 0 Å². The van der Waals surface area contributed by atoms with Crippen LogP contribution in [0.5, 0.6) is 0 Å². The Morgan fingerprint density at radius 3 is 2.58 bits per heavy atom. The molecule has 0 spiro atoms. The van der Waals surface area contributed by atoms with Gasteiger partial charge in [-0.1, -0.05) is 6.07 Å². The van der Waals surface area contributed by atoms with Crippen LogP contribution in [-0.4, -0.2) is 27.3 Å². The highest BCUT2D eigenvalue weighted by atomic mass is 16.6. The molecule has 104 valence electrons. The number of hydrogen-bond donors (Lipinski definition) is 3. The molecule has 1 fully saturated rings. The normalized spacial score (nSPS) is 23.1. The fraction of sp³-hybridized carbons (Fsp3) is 0.538. The molecule has 1 saturated carbocycles. The van der Waals surface area contributed by atoms with E-state index in [0.29, 0.717) is 11.3 Å². The van der Waals surface area contributed by atoms with Crippen molar-refractivity contribution in [3.8, 4) is 0 Å². The van der Waals surface area contributed by atoms with Crippen molar-refractivity contribution in [2.45, 2.75) is 44.4 Å². The molecule has 0 saturated heterocycles. The summed E-state index contributed by atoms with van der Waals surface area (Å²) >= 11 is 0. The Morgan fingerprint density at radius 2 is 2.00 bits per heavy atom. The predicted octanol–water partition coefficient (Wildman–Crippen LogP) is 1.80. The summed E-state index contributed by atoms with van der Waals surface area (Å²) in [5.74, 6) is 0. The Kier molecular flexibility index (Phi) is 4.34. The standard InChI is InChI=1S/C13H18N2O4/c16-8-9-1-6-12(13(7-9)15(18)19)14-10-2-4-11(17)5-3-10/h1,6-7,10-11,14,16-17H,2-5,8H2/t10-,11-. The summed E-state index contributed by atoms with van der Waals surface area (Å²) < 4.78 is 0. The van der Waals surface area contributed by atoms with E-state index in [0.717, 1.165) is 25.7 Å². The van der Waals surface area contributed by atoms with Gasteiger partial charge in [0, 0.05) is 12.1 Å². The Hall–Kier alpha value is -1.66. The van der Waals surface area contributed by atoms with Crippen molar-refractivity contribution in [3.63, 3.8) is 0 Å². The summed E-state index contributed by atoms with van der Waals surface area (Å²) in [6.07, 6.45) is 2.81. The molecule has 19 heavy (non-hydrogen) atoms. The van der Waals surface area contributed by atoms with Crippen LogP contribution in [0.15, 0.2) is 18.2 Å². The molecular formula is C13H18N2O4. The highest BCUT2D eigenvalue weighted by molar-refractivity contribution is 5.63. The quantitative estimate of drug-likeness (QED) is 0.570. The van der Waals surface area contributed by atoms with Gasteiger partial charge in [0.25, 0.3) is 5.69 Å². The van der Waals surface area contributed by atoms with Crippen LogP contribution in [0.4, 0.5) is 11.4 Å². The monoisotopic (exact) mass is 266 g/mol. The Labute approximate surface area is 111 Å². The minimum absolute atomic E-state index is 0.0160. The minimum Gasteiger partial charge on any atom is -0.393 e. The molecule has 1 aromatic carbocycles. The molecule has 1 aliphatic rings. The summed E-state index contributed by atoms with van der Waals surface area (Å²) in [5.41, 5.74) is 0.984. The molecule has 1 aromatic rings. The van der Waals surface area contributed by atoms with Crippen molar-refractivity contribution < 1.29 is 15.1 Å². The van der Waals surface area contributed by atoms with Gasteiger partial charge < -0.3 is 15.5 Å². The molecular weight excluding hydrogens is 248 g/mol. The number of nitro groups is 1. The zero-order valence-electron chi connectivity index (χ0n) is 10.6. The van der Waals surface area contributed by atoms with Crippen molar-refractivity contribution >= 4 is 11.4 Å². The minimum atomic E-state index is -0.445. The Bertz CT molecular complexity index is 456. The van der Waals surface area contributed by atoms with Crippen molar-refractivity contribution in [1.29, 1.82) is 0 Å². The summed E-state index contributed by atoms with van der Waals surface area (Å²) in [6.45, 7) is -0.212. The highest BCUT2D eigenvalue weighted by Crippen LogP contribution is 2.29. The predicted molar refractivity (Wildman–Crippen MR) is 70.9 cm³/mol. The van der Waals surface area contributed by atoms with Gasteiger partial charge in [-0.3, -0.25) is 10.1 Å².